The van der Waals surface area contributed by atoms with Gasteiger partial charge in [-0.3, -0.25) is 0 Å². The van der Waals surface area contributed by atoms with Crippen LogP contribution in [0.15, 0.2) is 54.3 Å². The van der Waals surface area contributed by atoms with Crippen LogP contribution in [0.1, 0.15) is 5.56 Å². The van der Waals surface area contributed by atoms with Crippen LogP contribution in [0, 0.1) is 5.82 Å². The molecule has 118 valence electrons. The summed E-state index contributed by atoms with van der Waals surface area (Å²) in [6.45, 7) is 0.251. The lowest BCUT2D eigenvalue weighted by atomic mass is 10.2. The Morgan fingerprint density at radius 2 is 1.79 bits per heavy atom. The first-order chi connectivity index (χ1) is 11.8. The van der Waals surface area contributed by atoms with Gasteiger partial charge in [0.1, 0.15) is 5.82 Å². The lowest BCUT2D eigenvalue weighted by Gasteiger charge is -2.05. The van der Waals surface area contributed by atoms with E-state index in [-0.39, 0.29) is 12.4 Å². The van der Waals surface area contributed by atoms with Crippen LogP contribution in [0.2, 0.25) is 0 Å². The Morgan fingerprint density at radius 1 is 0.958 bits per heavy atom. The fourth-order valence-electron chi connectivity index (χ4n) is 2.24. The van der Waals surface area contributed by atoms with E-state index in [2.05, 4.69) is 25.0 Å². The van der Waals surface area contributed by atoms with Gasteiger partial charge >= 0.3 is 0 Å². The largest absolute Gasteiger partial charge is 0.241 e. The number of halogens is 1. The third-order valence-electron chi connectivity index (χ3n) is 3.34. The summed E-state index contributed by atoms with van der Waals surface area (Å²) in [6, 6.07) is 8.32. The third kappa shape index (κ3) is 2.79. The van der Waals surface area contributed by atoms with Crippen molar-refractivity contribution in [2.75, 3.05) is 0 Å². The van der Waals surface area contributed by atoms with Gasteiger partial charge in [0.05, 0.1) is 6.54 Å². The predicted molar refractivity (Wildman–Crippen MR) is 87.7 cm³/mol. The van der Waals surface area contributed by atoms with E-state index in [9.17, 15) is 4.39 Å². The number of hydrogen-bond donors (Lipinski definition) is 0. The summed E-state index contributed by atoms with van der Waals surface area (Å²) < 4.78 is 15.6. The molecule has 0 aliphatic rings. The second-order valence-corrected chi connectivity index (χ2v) is 5.81. The van der Waals surface area contributed by atoms with E-state index >= 15 is 0 Å². The van der Waals surface area contributed by atoms with Gasteiger partial charge < -0.3 is 0 Å². The maximum Gasteiger partial charge on any atom is 0.219 e. The maximum absolute atomic E-state index is 14.0. The Morgan fingerprint density at radius 3 is 2.54 bits per heavy atom. The van der Waals surface area contributed by atoms with Crippen molar-refractivity contribution in [3.63, 3.8) is 0 Å². The van der Waals surface area contributed by atoms with Crippen LogP contribution in [-0.4, -0.2) is 29.7 Å². The molecule has 0 unspecified atom stereocenters. The molecule has 0 saturated heterocycles. The Bertz CT molecular complexity index is 952. The molecule has 0 bridgehead atoms. The van der Waals surface area contributed by atoms with Crippen molar-refractivity contribution >= 4 is 11.3 Å². The zero-order chi connectivity index (χ0) is 16.4. The highest BCUT2D eigenvalue weighted by Gasteiger charge is 2.17. The third-order valence-corrected chi connectivity index (χ3v) is 4.11. The van der Waals surface area contributed by atoms with Crippen LogP contribution in [0.4, 0.5) is 4.39 Å². The van der Waals surface area contributed by atoms with E-state index in [0.29, 0.717) is 28.0 Å². The molecule has 24 heavy (non-hydrogen) atoms. The molecule has 0 radical (unpaired) electrons. The molecule has 0 spiro atoms. The number of rotatable bonds is 4. The molecular formula is C16H11FN6S. The lowest BCUT2D eigenvalue weighted by molar-refractivity contribution is 0.587. The normalized spacial score (nSPS) is 10.9. The Balaban J connectivity index is 1.80. The lowest BCUT2D eigenvalue weighted by Crippen LogP contribution is -2.06. The van der Waals surface area contributed by atoms with Gasteiger partial charge in [0.2, 0.25) is 5.82 Å². The Labute approximate surface area is 140 Å². The monoisotopic (exact) mass is 338 g/mol. The van der Waals surface area contributed by atoms with Crippen molar-refractivity contribution in [1.82, 2.24) is 29.7 Å². The van der Waals surface area contributed by atoms with Crippen LogP contribution in [-0.2, 0) is 6.54 Å². The van der Waals surface area contributed by atoms with Crippen LogP contribution < -0.4 is 0 Å². The topological polar surface area (TPSA) is 69.4 Å². The molecule has 3 heterocycles. The van der Waals surface area contributed by atoms with Gasteiger partial charge in [-0.1, -0.05) is 18.2 Å². The smallest absolute Gasteiger partial charge is 0.219 e. The quantitative estimate of drug-likeness (QED) is 0.572. The molecule has 0 N–H and O–H groups in total. The van der Waals surface area contributed by atoms with Crippen LogP contribution in [0.3, 0.4) is 0 Å². The second-order valence-electron chi connectivity index (χ2n) is 4.92. The number of benzene rings is 1. The van der Waals surface area contributed by atoms with E-state index in [1.807, 2.05) is 5.38 Å². The second kappa shape index (κ2) is 6.25. The van der Waals surface area contributed by atoms with Crippen molar-refractivity contribution in [3.8, 4) is 22.5 Å². The Hall–Kier alpha value is -3.00. The molecule has 0 amide bonds. The molecule has 3 aromatic heterocycles. The first-order valence-corrected chi connectivity index (χ1v) is 8.05. The summed E-state index contributed by atoms with van der Waals surface area (Å²) in [4.78, 5) is 17.1. The molecule has 0 fully saturated rings. The molecule has 1 aromatic carbocycles. The highest BCUT2D eigenvalue weighted by molar-refractivity contribution is 7.13. The minimum absolute atomic E-state index is 0.251. The van der Waals surface area contributed by atoms with Crippen molar-refractivity contribution in [2.24, 2.45) is 0 Å². The van der Waals surface area contributed by atoms with Gasteiger partial charge in [0.25, 0.3) is 0 Å². The van der Waals surface area contributed by atoms with Crippen molar-refractivity contribution in [3.05, 3.63) is 65.7 Å². The number of thiazole rings is 1. The number of nitrogens with zero attached hydrogens (tertiary/aromatic N) is 6. The van der Waals surface area contributed by atoms with Crippen LogP contribution in [0.25, 0.3) is 22.5 Å². The standard InChI is InChI=1S/C16H11FN6S/c17-12-5-2-1-4-11(12)10-23-15(16-20-8-9-24-16)21-14(22-23)13-18-6-3-7-19-13/h1-9H,10H2. The van der Waals surface area contributed by atoms with E-state index in [1.54, 1.807) is 47.5 Å². The van der Waals surface area contributed by atoms with Crippen molar-refractivity contribution in [2.45, 2.75) is 6.54 Å². The van der Waals surface area contributed by atoms with Gasteiger partial charge in [-0.2, -0.15) is 0 Å². The van der Waals surface area contributed by atoms with E-state index in [4.69, 9.17) is 0 Å². The number of hydrogen-bond acceptors (Lipinski definition) is 6. The summed E-state index contributed by atoms with van der Waals surface area (Å²) in [6.07, 6.45) is 4.95. The summed E-state index contributed by atoms with van der Waals surface area (Å²) >= 11 is 1.44. The fraction of sp³-hybridized carbons (Fsp3) is 0.0625. The van der Waals surface area contributed by atoms with Crippen LogP contribution in [0.5, 0.6) is 0 Å². The first kappa shape index (κ1) is 14.6. The first-order valence-electron chi connectivity index (χ1n) is 7.17. The predicted octanol–water partition coefficient (Wildman–Crippen LogP) is 3.05. The molecule has 4 rings (SSSR count). The van der Waals surface area contributed by atoms with Gasteiger partial charge in [-0.25, -0.2) is 29.0 Å². The minimum Gasteiger partial charge on any atom is -0.241 e. The summed E-state index contributed by atoms with van der Waals surface area (Å²) in [5.74, 6) is 1.09. The highest BCUT2D eigenvalue weighted by Crippen LogP contribution is 2.23. The Kier molecular flexibility index (Phi) is 3.80. The average molecular weight is 338 g/mol. The van der Waals surface area contributed by atoms with Crippen molar-refractivity contribution < 1.29 is 4.39 Å². The molecule has 4 aromatic rings. The summed E-state index contributed by atoms with van der Waals surface area (Å²) in [5.41, 5.74) is 0.528. The fourth-order valence-corrected chi connectivity index (χ4v) is 2.87. The number of aromatic nitrogens is 6. The van der Waals surface area contributed by atoms with Crippen LogP contribution >= 0.6 is 11.3 Å². The summed E-state index contributed by atoms with van der Waals surface area (Å²) in [7, 11) is 0. The summed E-state index contributed by atoms with van der Waals surface area (Å²) in [5, 5.41) is 7.02. The molecule has 0 saturated carbocycles. The van der Waals surface area contributed by atoms with E-state index in [0.717, 1.165) is 0 Å². The van der Waals surface area contributed by atoms with Gasteiger partial charge in [-0.05, 0) is 12.1 Å². The minimum atomic E-state index is -0.282. The SMILES string of the molecule is Fc1ccccc1Cn1nc(-c2ncccn2)nc1-c1nccs1. The van der Waals surface area contributed by atoms with Gasteiger partial charge in [0, 0.05) is 29.5 Å². The zero-order valence-corrected chi connectivity index (χ0v) is 13.2. The molecule has 0 atom stereocenters. The van der Waals surface area contributed by atoms with Crippen molar-refractivity contribution in [1.29, 1.82) is 0 Å². The van der Waals surface area contributed by atoms with E-state index < -0.39 is 0 Å². The van der Waals surface area contributed by atoms with Gasteiger partial charge in [0.15, 0.2) is 16.7 Å². The molecule has 0 aliphatic carbocycles. The zero-order valence-electron chi connectivity index (χ0n) is 12.4. The maximum atomic E-state index is 14.0. The molecule has 0 aliphatic heterocycles. The molecule has 6 nitrogen and oxygen atoms in total. The molecule has 8 heteroatoms. The van der Waals surface area contributed by atoms with Gasteiger partial charge in [-0.15, -0.1) is 16.4 Å². The molecular weight excluding hydrogens is 327 g/mol. The highest BCUT2D eigenvalue weighted by atomic mass is 32.1. The average Bonchev–Trinajstić information content (AvgIpc) is 3.27. The van der Waals surface area contributed by atoms with E-state index in [1.165, 1.54) is 17.4 Å².